The smallest absolute Gasteiger partial charge is 0.257 e. The van der Waals surface area contributed by atoms with E-state index in [0.29, 0.717) is 36.0 Å². The van der Waals surface area contributed by atoms with Gasteiger partial charge in [0.15, 0.2) is 17.3 Å². The number of carbonyl (C=O) groups excluding carboxylic acids is 1. The lowest BCUT2D eigenvalue weighted by molar-refractivity contribution is 0.0784. The lowest BCUT2D eigenvalue weighted by atomic mass is 10.1. The van der Waals surface area contributed by atoms with Gasteiger partial charge in [-0.2, -0.15) is 5.10 Å². The van der Waals surface area contributed by atoms with E-state index in [1.807, 2.05) is 25.1 Å². The monoisotopic (exact) mass is 395 g/mol. The second-order valence-corrected chi connectivity index (χ2v) is 6.55. The molecule has 1 aromatic carbocycles. The van der Waals surface area contributed by atoms with Crippen molar-refractivity contribution in [2.45, 2.75) is 19.9 Å². The van der Waals surface area contributed by atoms with Crippen LogP contribution in [0.5, 0.6) is 17.4 Å². The van der Waals surface area contributed by atoms with Crippen LogP contribution in [0.15, 0.2) is 36.5 Å². The van der Waals surface area contributed by atoms with Gasteiger partial charge in [0, 0.05) is 19.7 Å². The second kappa shape index (κ2) is 7.78. The molecule has 0 atom stereocenters. The maximum atomic E-state index is 13.1. The number of fused-ring (bicyclic) bond motifs is 1. The van der Waals surface area contributed by atoms with Gasteiger partial charge in [0.2, 0.25) is 12.7 Å². The summed E-state index contributed by atoms with van der Waals surface area (Å²) < 4.78 is 17.4. The van der Waals surface area contributed by atoms with E-state index in [1.54, 1.807) is 35.0 Å². The fraction of sp³-hybridized carbons (Fsp3) is 0.300. The van der Waals surface area contributed by atoms with Crippen molar-refractivity contribution in [3.05, 3.63) is 53.3 Å². The van der Waals surface area contributed by atoms with Gasteiger partial charge in [0.25, 0.3) is 5.91 Å². The highest BCUT2D eigenvalue weighted by molar-refractivity contribution is 5.95. The van der Waals surface area contributed by atoms with E-state index in [1.165, 1.54) is 7.11 Å². The SMILES string of the molecule is CCc1c(C(=O)N(C)Cc2ccc3c(c2)OCO3)cnn1-c1ccc(OC)nn1. The third kappa shape index (κ3) is 3.58. The van der Waals surface area contributed by atoms with E-state index in [0.717, 1.165) is 17.0 Å². The van der Waals surface area contributed by atoms with Crippen molar-refractivity contribution < 1.29 is 19.0 Å². The Morgan fingerprint density at radius 1 is 1.21 bits per heavy atom. The van der Waals surface area contributed by atoms with Gasteiger partial charge in [0.1, 0.15) is 0 Å². The van der Waals surface area contributed by atoms with Crippen molar-refractivity contribution in [3.8, 4) is 23.2 Å². The molecule has 29 heavy (non-hydrogen) atoms. The number of hydrogen-bond donors (Lipinski definition) is 0. The molecule has 1 amide bonds. The average molecular weight is 395 g/mol. The van der Waals surface area contributed by atoms with E-state index in [9.17, 15) is 4.79 Å². The number of methoxy groups -OCH3 is 1. The van der Waals surface area contributed by atoms with Crippen LogP contribution in [0.1, 0.15) is 28.5 Å². The predicted molar refractivity (Wildman–Crippen MR) is 103 cm³/mol. The Balaban J connectivity index is 1.55. The van der Waals surface area contributed by atoms with Crippen molar-refractivity contribution in [3.63, 3.8) is 0 Å². The quantitative estimate of drug-likeness (QED) is 0.632. The molecule has 3 aromatic rings. The fourth-order valence-corrected chi connectivity index (χ4v) is 3.22. The summed E-state index contributed by atoms with van der Waals surface area (Å²) >= 11 is 0. The van der Waals surface area contributed by atoms with Crippen molar-refractivity contribution in [2.75, 3.05) is 21.0 Å². The van der Waals surface area contributed by atoms with Gasteiger partial charge >= 0.3 is 0 Å². The summed E-state index contributed by atoms with van der Waals surface area (Å²) in [6.07, 6.45) is 2.19. The number of nitrogens with zero attached hydrogens (tertiary/aromatic N) is 5. The first kappa shape index (κ1) is 18.7. The maximum absolute atomic E-state index is 13.1. The number of ether oxygens (including phenoxy) is 3. The Hall–Kier alpha value is -3.62. The van der Waals surface area contributed by atoms with E-state index < -0.39 is 0 Å². The molecule has 150 valence electrons. The molecule has 2 aromatic heterocycles. The van der Waals surface area contributed by atoms with E-state index >= 15 is 0 Å². The summed E-state index contributed by atoms with van der Waals surface area (Å²) in [4.78, 5) is 14.7. The molecule has 1 aliphatic rings. The van der Waals surface area contributed by atoms with Gasteiger partial charge in [-0.05, 0) is 30.2 Å². The molecule has 0 spiro atoms. The summed E-state index contributed by atoms with van der Waals surface area (Å²) in [5.74, 6) is 2.24. The summed E-state index contributed by atoms with van der Waals surface area (Å²) in [6, 6.07) is 9.13. The Kier molecular flexibility index (Phi) is 5.03. The summed E-state index contributed by atoms with van der Waals surface area (Å²) in [5.41, 5.74) is 2.26. The molecule has 4 rings (SSSR count). The topological polar surface area (TPSA) is 91.6 Å². The molecule has 0 aliphatic carbocycles. The molecule has 0 saturated carbocycles. The zero-order chi connectivity index (χ0) is 20.4. The molecule has 0 unspecified atom stereocenters. The van der Waals surface area contributed by atoms with Crippen molar-refractivity contribution in [1.82, 2.24) is 24.9 Å². The standard InChI is InChI=1S/C20H21N5O4/c1-4-15-14(10-21-25(15)18-7-8-19(27-3)23-22-18)20(26)24(2)11-13-5-6-16-17(9-13)29-12-28-16/h5-10H,4,11-12H2,1-3H3. The first-order valence-corrected chi connectivity index (χ1v) is 9.19. The highest BCUT2D eigenvalue weighted by atomic mass is 16.7. The fourth-order valence-electron chi connectivity index (χ4n) is 3.22. The maximum Gasteiger partial charge on any atom is 0.257 e. The minimum absolute atomic E-state index is 0.118. The van der Waals surface area contributed by atoms with Crippen LogP contribution in [0.25, 0.3) is 5.82 Å². The van der Waals surface area contributed by atoms with Crippen molar-refractivity contribution in [1.29, 1.82) is 0 Å². The average Bonchev–Trinajstić information content (AvgIpc) is 3.39. The highest BCUT2D eigenvalue weighted by Crippen LogP contribution is 2.32. The zero-order valence-corrected chi connectivity index (χ0v) is 16.5. The number of rotatable bonds is 6. The van der Waals surface area contributed by atoms with Gasteiger partial charge in [0.05, 0.1) is 24.6 Å². The Bertz CT molecular complexity index is 1030. The first-order chi connectivity index (χ1) is 14.1. The van der Waals surface area contributed by atoms with Crippen LogP contribution in [-0.4, -0.2) is 51.7 Å². The Labute approximate surface area is 167 Å². The van der Waals surface area contributed by atoms with E-state index in [4.69, 9.17) is 14.2 Å². The molecule has 1 aliphatic heterocycles. The predicted octanol–water partition coefficient (Wildman–Crippen LogP) is 2.23. The Morgan fingerprint density at radius 3 is 2.76 bits per heavy atom. The van der Waals surface area contributed by atoms with Crippen LogP contribution >= 0.6 is 0 Å². The van der Waals surface area contributed by atoms with Crippen molar-refractivity contribution >= 4 is 5.91 Å². The number of carbonyl (C=O) groups is 1. The Morgan fingerprint density at radius 2 is 2.03 bits per heavy atom. The van der Waals surface area contributed by atoms with Crippen LogP contribution in [0.2, 0.25) is 0 Å². The molecule has 0 radical (unpaired) electrons. The highest BCUT2D eigenvalue weighted by Gasteiger charge is 2.22. The van der Waals surface area contributed by atoms with Gasteiger partial charge in [-0.1, -0.05) is 13.0 Å². The third-order valence-corrected chi connectivity index (χ3v) is 4.69. The summed E-state index contributed by atoms with van der Waals surface area (Å²) in [6.45, 7) is 2.63. The molecule has 0 bridgehead atoms. The van der Waals surface area contributed by atoms with Crippen LogP contribution < -0.4 is 14.2 Å². The molecular formula is C20H21N5O4. The van der Waals surface area contributed by atoms with Crippen molar-refractivity contribution in [2.24, 2.45) is 0 Å². The molecule has 3 heterocycles. The van der Waals surface area contributed by atoms with Gasteiger partial charge in [-0.25, -0.2) is 4.68 Å². The molecule has 0 N–H and O–H groups in total. The normalized spacial score (nSPS) is 12.1. The van der Waals surface area contributed by atoms with Gasteiger partial charge < -0.3 is 19.1 Å². The number of hydrogen-bond acceptors (Lipinski definition) is 7. The number of aromatic nitrogens is 4. The van der Waals surface area contributed by atoms with E-state index in [-0.39, 0.29) is 12.7 Å². The molecule has 9 nitrogen and oxygen atoms in total. The summed E-state index contributed by atoms with van der Waals surface area (Å²) in [5, 5.41) is 12.5. The number of benzene rings is 1. The van der Waals surface area contributed by atoms with Crippen LogP contribution in [-0.2, 0) is 13.0 Å². The van der Waals surface area contributed by atoms with Crippen LogP contribution in [0, 0.1) is 0 Å². The number of amides is 1. The molecular weight excluding hydrogens is 374 g/mol. The van der Waals surface area contributed by atoms with Crippen LogP contribution in [0.3, 0.4) is 0 Å². The lowest BCUT2D eigenvalue weighted by Gasteiger charge is -2.18. The zero-order valence-electron chi connectivity index (χ0n) is 16.5. The molecule has 9 heteroatoms. The molecule has 0 saturated heterocycles. The minimum atomic E-state index is -0.118. The first-order valence-electron chi connectivity index (χ1n) is 9.19. The van der Waals surface area contributed by atoms with E-state index in [2.05, 4.69) is 15.3 Å². The van der Waals surface area contributed by atoms with Gasteiger partial charge in [-0.3, -0.25) is 4.79 Å². The van der Waals surface area contributed by atoms with Gasteiger partial charge in [-0.15, -0.1) is 10.2 Å². The second-order valence-electron chi connectivity index (χ2n) is 6.55. The van der Waals surface area contributed by atoms with Crippen LogP contribution in [0.4, 0.5) is 0 Å². The largest absolute Gasteiger partial charge is 0.480 e. The minimum Gasteiger partial charge on any atom is -0.480 e. The lowest BCUT2D eigenvalue weighted by Crippen LogP contribution is -2.27. The summed E-state index contributed by atoms with van der Waals surface area (Å²) in [7, 11) is 3.29. The molecule has 0 fully saturated rings. The third-order valence-electron chi connectivity index (χ3n) is 4.69.